The summed E-state index contributed by atoms with van der Waals surface area (Å²) in [6.07, 6.45) is 3.12. The van der Waals surface area contributed by atoms with E-state index < -0.39 is 0 Å². The van der Waals surface area contributed by atoms with E-state index in [0.29, 0.717) is 19.4 Å². The van der Waals surface area contributed by atoms with Gasteiger partial charge >= 0.3 is 0 Å². The quantitative estimate of drug-likeness (QED) is 0.481. The van der Waals surface area contributed by atoms with Crippen LogP contribution < -0.4 is 10.1 Å². The first-order valence-corrected chi connectivity index (χ1v) is 10.1. The van der Waals surface area contributed by atoms with Gasteiger partial charge in [0.15, 0.2) is 4.96 Å². The average molecular weight is 391 g/mol. The van der Waals surface area contributed by atoms with Crippen LogP contribution in [0.3, 0.4) is 0 Å². The van der Waals surface area contributed by atoms with Gasteiger partial charge in [0.05, 0.1) is 12.3 Å². The summed E-state index contributed by atoms with van der Waals surface area (Å²) in [7, 11) is 0. The minimum Gasteiger partial charge on any atom is -0.494 e. The van der Waals surface area contributed by atoms with Gasteiger partial charge in [-0.3, -0.25) is 9.20 Å². The monoisotopic (exact) mass is 391 g/mol. The number of carbonyl (C=O) groups is 1. The van der Waals surface area contributed by atoms with Gasteiger partial charge < -0.3 is 10.1 Å². The fourth-order valence-electron chi connectivity index (χ4n) is 3.02. The van der Waals surface area contributed by atoms with E-state index >= 15 is 0 Å². The molecule has 0 spiro atoms. The molecule has 0 radical (unpaired) electrons. The van der Waals surface area contributed by atoms with Gasteiger partial charge in [-0.15, -0.1) is 11.3 Å². The molecule has 5 nitrogen and oxygen atoms in total. The molecule has 4 aromatic rings. The largest absolute Gasteiger partial charge is 0.494 e. The zero-order valence-corrected chi connectivity index (χ0v) is 16.4. The smallest absolute Gasteiger partial charge is 0.224 e. The van der Waals surface area contributed by atoms with E-state index in [4.69, 9.17) is 9.72 Å². The molecule has 1 N–H and O–H groups in total. The Kier molecular flexibility index (Phi) is 5.39. The predicted octanol–water partition coefficient (Wildman–Crippen LogP) is 5.03. The Morgan fingerprint density at radius 3 is 2.68 bits per heavy atom. The first-order chi connectivity index (χ1) is 13.7. The Labute approximate surface area is 167 Å². The van der Waals surface area contributed by atoms with Crippen LogP contribution >= 0.6 is 11.3 Å². The van der Waals surface area contributed by atoms with Gasteiger partial charge in [-0.05, 0) is 37.6 Å². The van der Waals surface area contributed by atoms with Gasteiger partial charge in [0.1, 0.15) is 5.75 Å². The van der Waals surface area contributed by atoms with Gasteiger partial charge in [-0.2, -0.15) is 0 Å². The van der Waals surface area contributed by atoms with Crippen LogP contribution in [0.2, 0.25) is 0 Å². The van der Waals surface area contributed by atoms with Crippen molar-refractivity contribution in [3.8, 4) is 17.0 Å². The highest BCUT2D eigenvalue weighted by molar-refractivity contribution is 7.15. The summed E-state index contributed by atoms with van der Waals surface area (Å²) in [5.41, 5.74) is 3.92. The fraction of sp³-hybridized carbons (Fsp3) is 0.182. The molecule has 4 rings (SSSR count). The first-order valence-electron chi connectivity index (χ1n) is 9.26. The highest BCUT2D eigenvalue weighted by Gasteiger charge is 2.11. The Hall–Kier alpha value is -3.12. The highest BCUT2D eigenvalue weighted by Crippen LogP contribution is 2.24. The number of rotatable bonds is 7. The molecule has 142 valence electrons. The van der Waals surface area contributed by atoms with E-state index in [1.54, 1.807) is 11.3 Å². The van der Waals surface area contributed by atoms with Crippen molar-refractivity contribution in [2.24, 2.45) is 0 Å². The molecular formula is C22H21N3O2S. The van der Waals surface area contributed by atoms with E-state index in [0.717, 1.165) is 33.3 Å². The second-order valence-corrected chi connectivity index (χ2v) is 7.21. The number of thiazole rings is 1. The zero-order chi connectivity index (χ0) is 19.3. The lowest BCUT2D eigenvalue weighted by Gasteiger charge is -2.07. The molecule has 0 atom stereocenters. The maximum atomic E-state index is 12.3. The van der Waals surface area contributed by atoms with Crippen molar-refractivity contribution < 1.29 is 9.53 Å². The van der Waals surface area contributed by atoms with Gasteiger partial charge in [0.25, 0.3) is 0 Å². The molecule has 0 unspecified atom stereocenters. The first kappa shape index (κ1) is 18.3. The molecule has 1 amide bonds. The number of amides is 1. The maximum absolute atomic E-state index is 12.3. The molecule has 0 saturated carbocycles. The Morgan fingerprint density at radius 2 is 1.93 bits per heavy atom. The molecule has 2 heterocycles. The van der Waals surface area contributed by atoms with Gasteiger partial charge in [-0.25, -0.2) is 4.98 Å². The summed E-state index contributed by atoms with van der Waals surface area (Å²) in [4.78, 5) is 18.0. The predicted molar refractivity (Wildman–Crippen MR) is 113 cm³/mol. The standard InChI is InChI=1S/C22H21N3O2S/c1-2-27-19-11-8-17(9-12-19)23-21(26)13-10-18-15-28-22-24-20(14-25(18)22)16-6-4-3-5-7-16/h3-9,11-12,14-15H,2,10,13H2,1H3,(H,23,26). The number of nitrogens with one attached hydrogen (secondary N) is 1. The lowest BCUT2D eigenvalue weighted by atomic mass is 10.2. The van der Waals surface area contributed by atoms with Crippen LogP contribution in [0.5, 0.6) is 5.75 Å². The molecule has 0 aliphatic carbocycles. The van der Waals surface area contributed by atoms with Crippen molar-refractivity contribution in [1.29, 1.82) is 0 Å². The number of hydrogen-bond donors (Lipinski definition) is 1. The Morgan fingerprint density at radius 1 is 1.14 bits per heavy atom. The van der Waals surface area contributed by atoms with Crippen molar-refractivity contribution >= 4 is 27.9 Å². The molecule has 0 aliphatic rings. The molecule has 0 fully saturated rings. The van der Waals surface area contributed by atoms with E-state index in [9.17, 15) is 4.79 Å². The molecule has 6 heteroatoms. The molecular weight excluding hydrogens is 370 g/mol. The van der Waals surface area contributed by atoms with Crippen molar-refractivity contribution in [2.45, 2.75) is 19.8 Å². The second-order valence-electron chi connectivity index (χ2n) is 6.38. The normalized spacial score (nSPS) is 10.9. The van der Waals surface area contributed by atoms with Crippen LogP contribution in [-0.4, -0.2) is 21.9 Å². The number of fused-ring (bicyclic) bond motifs is 1. The number of aryl methyl sites for hydroxylation is 1. The SMILES string of the molecule is CCOc1ccc(NC(=O)CCc2csc3nc(-c4ccccc4)cn23)cc1. The van der Waals surface area contributed by atoms with Crippen LogP contribution in [0.15, 0.2) is 66.2 Å². The summed E-state index contributed by atoms with van der Waals surface area (Å²) >= 11 is 1.60. The third-order valence-corrected chi connectivity index (χ3v) is 5.30. The Balaban J connectivity index is 1.39. The van der Waals surface area contributed by atoms with E-state index in [1.807, 2.05) is 55.6 Å². The molecule has 0 saturated heterocycles. The van der Waals surface area contributed by atoms with Gasteiger partial charge in [-0.1, -0.05) is 30.3 Å². The van der Waals surface area contributed by atoms with Crippen LogP contribution in [0.4, 0.5) is 5.69 Å². The number of imidazole rings is 1. The van der Waals surface area contributed by atoms with Crippen LogP contribution in [0.1, 0.15) is 19.0 Å². The van der Waals surface area contributed by atoms with Crippen molar-refractivity contribution in [3.05, 3.63) is 71.9 Å². The van der Waals surface area contributed by atoms with Crippen LogP contribution in [0, 0.1) is 0 Å². The van der Waals surface area contributed by atoms with Gasteiger partial charge in [0, 0.05) is 34.9 Å². The highest BCUT2D eigenvalue weighted by atomic mass is 32.1. The number of ether oxygens (including phenoxy) is 1. The van der Waals surface area contributed by atoms with Crippen molar-refractivity contribution in [2.75, 3.05) is 11.9 Å². The topological polar surface area (TPSA) is 55.6 Å². The zero-order valence-electron chi connectivity index (χ0n) is 15.6. The lowest BCUT2D eigenvalue weighted by molar-refractivity contribution is -0.116. The summed E-state index contributed by atoms with van der Waals surface area (Å²) in [6.45, 7) is 2.57. The lowest BCUT2D eigenvalue weighted by Crippen LogP contribution is -2.12. The number of benzene rings is 2. The second kappa shape index (κ2) is 8.27. The molecule has 2 aromatic carbocycles. The summed E-state index contributed by atoms with van der Waals surface area (Å²) in [6, 6.07) is 17.5. The van der Waals surface area contributed by atoms with Crippen LogP contribution in [0.25, 0.3) is 16.2 Å². The third-order valence-electron chi connectivity index (χ3n) is 4.41. The summed E-state index contributed by atoms with van der Waals surface area (Å²) in [5, 5.41) is 5.01. The Bertz CT molecular complexity index is 1070. The fourth-order valence-corrected chi connectivity index (χ4v) is 3.93. The molecule has 2 aromatic heterocycles. The number of carbonyl (C=O) groups excluding carboxylic acids is 1. The van der Waals surface area contributed by atoms with E-state index in [-0.39, 0.29) is 5.91 Å². The van der Waals surface area contributed by atoms with Crippen molar-refractivity contribution in [3.63, 3.8) is 0 Å². The summed E-state index contributed by atoms with van der Waals surface area (Å²) < 4.78 is 7.50. The number of nitrogens with zero attached hydrogens (tertiary/aromatic N) is 2. The summed E-state index contributed by atoms with van der Waals surface area (Å²) in [5.74, 6) is 0.794. The number of anilines is 1. The number of aromatic nitrogens is 2. The number of hydrogen-bond acceptors (Lipinski definition) is 4. The maximum Gasteiger partial charge on any atom is 0.224 e. The molecule has 28 heavy (non-hydrogen) atoms. The minimum absolute atomic E-state index is 0.00749. The van der Waals surface area contributed by atoms with Gasteiger partial charge in [0.2, 0.25) is 5.91 Å². The third kappa shape index (κ3) is 4.07. The minimum atomic E-state index is -0.00749. The van der Waals surface area contributed by atoms with E-state index in [1.165, 1.54) is 0 Å². The van der Waals surface area contributed by atoms with E-state index in [2.05, 4.69) is 27.2 Å². The molecule has 0 bridgehead atoms. The van der Waals surface area contributed by atoms with Crippen molar-refractivity contribution in [1.82, 2.24) is 9.38 Å². The molecule has 0 aliphatic heterocycles. The van der Waals surface area contributed by atoms with Crippen LogP contribution in [-0.2, 0) is 11.2 Å². The average Bonchev–Trinajstić information content (AvgIpc) is 3.30.